The van der Waals surface area contributed by atoms with E-state index in [2.05, 4.69) is 22.2 Å². The molecule has 0 radical (unpaired) electrons. The Bertz CT molecular complexity index is 1030. The van der Waals surface area contributed by atoms with E-state index in [9.17, 15) is 9.90 Å². The molecule has 1 N–H and O–H groups in total. The van der Waals surface area contributed by atoms with Gasteiger partial charge in [-0.25, -0.2) is 9.50 Å². The van der Waals surface area contributed by atoms with Crippen molar-refractivity contribution in [3.63, 3.8) is 0 Å². The third-order valence-corrected chi connectivity index (χ3v) is 6.43. The van der Waals surface area contributed by atoms with Gasteiger partial charge in [-0.2, -0.15) is 5.10 Å². The van der Waals surface area contributed by atoms with Crippen molar-refractivity contribution in [2.24, 2.45) is 0 Å². The van der Waals surface area contributed by atoms with Crippen LogP contribution in [0.25, 0.3) is 5.65 Å². The molecule has 2 aliphatic rings. The molecule has 0 bridgehead atoms. The Labute approximate surface area is 157 Å². The van der Waals surface area contributed by atoms with Gasteiger partial charge in [-0.3, -0.25) is 4.79 Å². The standard InChI is InChI=1S/C21H22N4O2/c1-14-16(13-22-19-6-9-23-25(14)19)20(27)24-10-7-21(8-11-24)17-5-3-2-4-15(17)12-18(21)26/h2-6,9,13,18,26H,7-8,10-12H2,1H3. The predicted octanol–water partition coefficient (Wildman–Crippen LogP) is 2.13. The van der Waals surface area contributed by atoms with Crippen LogP contribution in [0.15, 0.2) is 42.7 Å². The second kappa shape index (κ2) is 5.89. The van der Waals surface area contributed by atoms with Crippen LogP contribution < -0.4 is 0 Å². The predicted molar refractivity (Wildman–Crippen MR) is 101 cm³/mol. The molecule has 3 heterocycles. The maximum absolute atomic E-state index is 13.1. The van der Waals surface area contributed by atoms with Gasteiger partial charge in [-0.1, -0.05) is 24.3 Å². The Hall–Kier alpha value is -2.73. The summed E-state index contributed by atoms with van der Waals surface area (Å²) in [4.78, 5) is 19.3. The fourth-order valence-electron chi connectivity index (χ4n) is 4.85. The zero-order chi connectivity index (χ0) is 18.6. The molecule has 6 nitrogen and oxygen atoms in total. The molecule has 2 aromatic heterocycles. The van der Waals surface area contributed by atoms with E-state index in [1.165, 1.54) is 11.1 Å². The quantitative estimate of drug-likeness (QED) is 0.720. The lowest BCUT2D eigenvalue weighted by Crippen LogP contribution is -2.49. The van der Waals surface area contributed by atoms with E-state index < -0.39 is 0 Å². The number of amides is 1. The first-order valence-corrected chi connectivity index (χ1v) is 9.45. The highest BCUT2D eigenvalue weighted by molar-refractivity contribution is 5.95. The highest BCUT2D eigenvalue weighted by atomic mass is 16.3. The second-order valence-corrected chi connectivity index (χ2v) is 7.68. The molecule has 1 saturated heterocycles. The molecule has 1 aliphatic carbocycles. The molecular formula is C21H22N4O2. The Morgan fingerprint density at radius 1 is 1.22 bits per heavy atom. The normalized spacial score (nSPS) is 21.0. The van der Waals surface area contributed by atoms with E-state index in [-0.39, 0.29) is 17.4 Å². The Kier molecular flexibility index (Phi) is 3.59. The van der Waals surface area contributed by atoms with Crippen LogP contribution in [0.5, 0.6) is 0 Å². The average Bonchev–Trinajstić information content (AvgIpc) is 3.27. The number of aryl methyl sites for hydroxylation is 1. The third kappa shape index (κ3) is 2.33. The third-order valence-electron chi connectivity index (χ3n) is 6.43. The number of fused-ring (bicyclic) bond motifs is 3. The summed E-state index contributed by atoms with van der Waals surface area (Å²) in [6.45, 7) is 3.18. The number of carbonyl (C=O) groups excluding carboxylic acids is 1. The van der Waals surface area contributed by atoms with Crippen molar-refractivity contribution >= 4 is 11.6 Å². The highest BCUT2D eigenvalue weighted by Crippen LogP contribution is 2.46. The van der Waals surface area contributed by atoms with Gasteiger partial charge in [0.1, 0.15) is 0 Å². The van der Waals surface area contributed by atoms with Crippen molar-refractivity contribution in [2.75, 3.05) is 13.1 Å². The zero-order valence-corrected chi connectivity index (χ0v) is 15.3. The fourth-order valence-corrected chi connectivity index (χ4v) is 4.85. The maximum atomic E-state index is 13.1. The molecular weight excluding hydrogens is 340 g/mol. The number of nitrogens with zero attached hydrogens (tertiary/aromatic N) is 4. The number of carbonyl (C=O) groups is 1. The summed E-state index contributed by atoms with van der Waals surface area (Å²) < 4.78 is 1.70. The lowest BCUT2D eigenvalue weighted by Gasteiger charge is -2.42. The minimum atomic E-state index is -0.365. The molecule has 1 spiro atoms. The monoisotopic (exact) mass is 362 g/mol. The SMILES string of the molecule is Cc1c(C(=O)N2CCC3(CC2)c2ccccc2CC3O)cnc2ccnn12. The summed E-state index contributed by atoms with van der Waals surface area (Å²) in [7, 11) is 0. The number of hydrogen-bond donors (Lipinski definition) is 1. The van der Waals surface area contributed by atoms with Crippen LogP contribution in [-0.2, 0) is 11.8 Å². The topological polar surface area (TPSA) is 70.7 Å². The number of rotatable bonds is 1. The van der Waals surface area contributed by atoms with Crippen LogP contribution >= 0.6 is 0 Å². The number of benzene rings is 1. The summed E-state index contributed by atoms with van der Waals surface area (Å²) in [5, 5.41) is 15.0. The Morgan fingerprint density at radius 2 is 2.00 bits per heavy atom. The summed E-state index contributed by atoms with van der Waals surface area (Å²) in [6, 6.07) is 10.2. The molecule has 6 heteroatoms. The van der Waals surface area contributed by atoms with Gasteiger partial charge >= 0.3 is 0 Å². The summed E-state index contributed by atoms with van der Waals surface area (Å²) in [6.07, 6.45) is 5.26. The van der Waals surface area contributed by atoms with Gasteiger partial charge in [0.05, 0.1) is 23.6 Å². The first-order chi connectivity index (χ1) is 13.1. The molecule has 1 amide bonds. The van der Waals surface area contributed by atoms with Crippen LogP contribution in [0.3, 0.4) is 0 Å². The molecule has 1 aliphatic heterocycles. The molecule has 0 saturated carbocycles. The Morgan fingerprint density at radius 3 is 2.81 bits per heavy atom. The fraction of sp³-hybridized carbons (Fsp3) is 0.381. The van der Waals surface area contributed by atoms with Gasteiger partial charge in [0, 0.05) is 30.8 Å². The van der Waals surface area contributed by atoms with Gasteiger partial charge in [0.15, 0.2) is 5.65 Å². The number of piperidine rings is 1. The van der Waals surface area contributed by atoms with Crippen LogP contribution in [0, 0.1) is 6.92 Å². The van der Waals surface area contributed by atoms with Crippen LogP contribution in [0.4, 0.5) is 0 Å². The first kappa shape index (κ1) is 16.4. The van der Waals surface area contributed by atoms with Crippen molar-refractivity contribution < 1.29 is 9.90 Å². The zero-order valence-electron chi connectivity index (χ0n) is 15.3. The summed E-state index contributed by atoms with van der Waals surface area (Å²) >= 11 is 0. The molecule has 3 aromatic rings. The average molecular weight is 362 g/mol. The van der Waals surface area contributed by atoms with Crippen molar-refractivity contribution in [1.82, 2.24) is 19.5 Å². The van der Waals surface area contributed by atoms with E-state index >= 15 is 0 Å². The van der Waals surface area contributed by atoms with Crippen LogP contribution in [0.1, 0.15) is 40.0 Å². The van der Waals surface area contributed by atoms with Gasteiger partial charge in [-0.15, -0.1) is 0 Å². The lowest BCUT2D eigenvalue weighted by molar-refractivity contribution is 0.0364. The molecule has 5 rings (SSSR count). The van der Waals surface area contributed by atoms with Crippen LogP contribution in [0.2, 0.25) is 0 Å². The number of aliphatic hydroxyl groups is 1. The first-order valence-electron chi connectivity index (χ1n) is 9.45. The van der Waals surface area contributed by atoms with Crippen molar-refractivity contribution in [3.05, 3.63) is 65.1 Å². The maximum Gasteiger partial charge on any atom is 0.257 e. The summed E-state index contributed by atoms with van der Waals surface area (Å²) in [5.41, 5.74) is 4.44. The minimum Gasteiger partial charge on any atom is -0.392 e. The van der Waals surface area contributed by atoms with Crippen molar-refractivity contribution in [2.45, 2.75) is 37.7 Å². The van der Waals surface area contributed by atoms with E-state index in [1.807, 2.05) is 30.0 Å². The largest absolute Gasteiger partial charge is 0.392 e. The highest BCUT2D eigenvalue weighted by Gasteiger charge is 2.48. The minimum absolute atomic E-state index is 0.00646. The summed E-state index contributed by atoms with van der Waals surface area (Å²) in [5.74, 6) is -0.00646. The lowest BCUT2D eigenvalue weighted by atomic mass is 9.72. The molecule has 27 heavy (non-hydrogen) atoms. The van der Waals surface area contributed by atoms with E-state index in [0.29, 0.717) is 25.1 Å². The molecule has 1 fully saturated rings. The Balaban J connectivity index is 1.40. The van der Waals surface area contributed by atoms with Crippen molar-refractivity contribution in [3.8, 4) is 0 Å². The molecule has 1 unspecified atom stereocenters. The smallest absolute Gasteiger partial charge is 0.257 e. The van der Waals surface area contributed by atoms with Gasteiger partial charge in [0.25, 0.3) is 5.91 Å². The van der Waals surface area contributed by atoms with E-state index in [0.717, 1.165) is 24.2 Å². The van der Waals surface area contributed by atoms with Gasteiger partial charge in [0.2, 0.25) is 0 Å². The van der Waals surface area contributed by atoms with E-state index in [1.54, 1.807) is 16.9 Å². The second-order valence-electron chi connectivity index (χ2n) is 7.68. The number of likely N-dealkylation sites (tertiary alicyclic amines) is 1. The van der Waals surface area contributed by atoms with Crippen LogP contribution in [-0.4, -0.2) is 49.7 Å². The number of aromatic nitrogens is 3. The number of hydrogen-bond acceptors (Lipinski definition) is 4. The van der Waals surface area contributed by atoms with E-state index in [4.69, 9.17) is 0 Å². The van der Waals surface area contributed by atoms with Crippen molar-refractivity contribution in [1.29, 1.82) is 0 Å². The molecule has 138 valence electrons. The molecule has 1 atom stereocenters. The molecule has 1 aromatic carbocycles. The van der Waals surface area contributed by atoms with Gasteiger partial charge in [-0.05, 0) is 37.3 Å². The number of aliphatic hydroxyl groups excluding tert-OH is 1. The van der Waals surface area contributed by atoms with Gasteiger partial charge < -0.3 is 10.0 Å².